The number of aliphatic hydroxyl groups is 1. The molecule has 0 aliphatic heterocycles. The van der Waals surface area contributed by atoms with Crippen LogP contribution in [0, 0.1) is 6.92 Å². The maximum absolute atomic E-state index is 9.03. The van der Waals surface area contributed by atoms with E-state index in [-0.39, 0.29) is 6.61 Å². The molecule has 0 saturated heterocycles. The highest BCUT2D eigenvalue weighted by Gasteiger charge is 2.02. The van der Waals surface area contributed by atoms with E-state index >= 15 is 0 Å². The molecule has 15 heavy (non-hydrogen) atoms. The maximum atomic E-state index is 9.03. The number of aliphatic hydroxyl groups excluding tert-OH is 1. The first-order valence-corrected chi connectivity index (χ1v) is 5.35. The molecule has 2 aromatic rings. The summed E-state index contributed by atoms with van der Waals surface area (Å²) in [7, 11) is 0. The highest BCUT2D eigenvalue weighted by atomic mass is 32.2. The Bertz CT molecular complexity index is 442. The largest absolute Gasteiger partial charge is 0.392 e. The van der Waals surface area contributed by atoms with Crippen molar-refractivity contribution in [2.75, 3.05) is 0 Å². The Labute approximate surface area is 91.8 Å². The maximum Gasteiger partial charge on any atom is 0.188 e. The van der Waals surface area contributed by atoms with E-state index < -0.39 is 0 Å². The third-order valence-corrected chi connectivity index (χ3v) is 2.97. The third-order valence-electron chi connectivity index (χ3n) is 2.09. The second-order valence-corrected chi connectivity index (χ2v) is 4.20. The molecule has 0 aliphatic carbocycles. The second kappa shape index (κ2) is 4.46. The topological polar surface area (TPSA) is 61.8 Å². The van der Waals surface area contributed by atoms with Crippen LogP contribution < -0.4 is 0 Å². The average molecular weight is 221 g/mol. The molecule has 0 spiro atoms. The highest BCUT2D eigenvalue weighted by molar-refractivity contribution is 7.99. The molecule has 0 unspecified atom stereocenters. The molecule has 0 atom stereocenters. The van der Waals surface area contributed by atoms with Gasteiger partial charge in [0.2, 0.25) is 0 Å². The first kappa shape index (κ1) is 10.2. The zero-order valence-electron chi connectivity index (χ0n) is 8.27. The van der Waals surface area contributed by atoms with E-state index in [9.17, 15) is 0 Å². The molecule has 2 rings (SSSR count). The predicted molar refractivity (Wildman–Crippen MR) is 57.6 cm³/mol. The third kappa shape index (κ3) is 2.37. The van der Waals surface area contributed by atoms with Gasteiger partial charge in [-0.1, -0.05) is 17.8 Å². The van der Waals surface area contributed by atoms with Crippen LogP contribution in [0.4, 0.5) is 0 Å². The van der Waals surface area contributed by atoms with Gasteiger partial charge in [-0.2, -0.15) is 5.10 Å². The number of H-pyrrole nitrogens is 1. The smallest absolute Gasteiger partial charge is 0.188 e. The minimum absolute atomic E-state index is 0.0824. The van der Waals surface area contributed by atoms with Crippen molar-refractivity contribution in [2.45, 2.75) is 23.6 Å². The van der Waals surface area contributed by atoms with Crippen molar-refractivity contribution < 1.29 is 5.11 Å². The van der Waals surface area contributed by atoms with Gasteiger partial charge in [-0.25, -0.2) is 4.98 Å². The van der Waals surface area contributed by atoms with Crippen molar-refractivity contribution in [3.63, 3.8) is 0 Å². The van der Waals surface area contributed by atoms with Gasteiger partial charge in [-0.3, -0.25) is 5.10 Å². The number of hydrogen-bond donors (Lipinski definition) is 2. The van der Waals surface area contributed by atoms with E-state index in [1.165, 1.54) is 18.1 Å². The number of nitrogens with one attached hydrogen (secondary N) is 1. The Morgan fingerprint density at radius 1 is 1.47 bits per heavy atom. The van der Waals surface area contributed by atoms with Crippen molar-refractivity contribution in [3.05, 3.63) is 35.7 Å². The van der Waals surface area contributed by atoms with Crippen LogP contribution in [0.5, 0.6) is 0 Å². The van der Waals surface area contributed by atoms with E-state index in [0.29, 0.717) is 0 Å². The second-order valence-electron chi connectivity index (χ2n) is 3.14. The van der Waals surface area contributed by atoms with Gasteiger partial charge in [0, 0.05) is 4.90 Å². The molecule has 5 heteroatoms. The monoisotopic (exact) mass is 221 g/mol. The number of hydrogen-bond acceptors (Lipinski definition) is 4. The molecule has 4 nitrogen and oxygen atoms in total. The molecule has 0 radical (unpaired) electrons. The molecular weight excluding hydrogens is 210 g/mol. The molecule has 0 saturated carbocycles. The number of nitrogens with zero attached hydrogens (tertiary/aromatic N) is 2. The van der Waals surface area contributed by atoms with E-state index in [0.717, 1.165) is 21.2 Å². The Hall–Kier alpha value is -1.33. The lowest BCUT2D eigenvalue weighted by atomic mass is 10.1. The SMILES string of the molecule is Cc1cc(Sc2ncn[nH]2)ccc1CO. The van der Waals surface area contributed by atoms with E-state index in [4.69, 9.17) is 5.11 Å². The zero-order valence-corrected chi connectivity index (χ0v) is 9.08. The van der Waals surface area contributed by atoms with Gasteiger partial charge < -0.3 is 5.11 Å². The molecule has 1 heterocycles. The number of aromatic amines is 1. The molecule has 0 amide bonds. The molecule has 1 aromatic heterocycles. The minimum Gasteiger partial charge on any atom is -0.392 e. The summed E-state index contributed by atoms with van der Waals surface area (Å²) < 4.78 is 0. The molecule has 0 bridgehead atoms. The molecule has 0 aliphatic rings. The van der Waals surface area contributed by atoms with Crippen LogP contribution in [-0.4, -0.2) is 20.3 Å². The van der Waals surface area contributed by atoms with Crippen molar-refractivity contribution in [2.24, 2.45) is 0 Å². The zero-order chi connectivity index (χ0) is 10.7. The van der Waals surface area contributed by atoms with Crippen LogP contribution >= 0.6 is 11.8 Å². The van der Waals surface area contributed by atoms with Gasteiger partial charge in [-0.05, 0) is 30.2 Å². The first-order chi connectivity index (χ1) is 7.29. The van der Waals surface area contributed by atoms with Gasteiger partial charge >= 0.3 is 0 Å². The minimum atomic E-state index is 0.0824. The summed E-state index contributed by atoms with van der Waals surface area (Å²) in [5.41, 5.74) is 2.04. The van der Waals surface area contributed by atoms with Crippen LogP contribution in [0.3, 0.4) is 0 Å². The summed E-state index contributed by atoms with van der Waals surface area (Å²) in [5.74, 6) is 0. The summed E-state index contributed by atoms with van der Waals surface area (Å²) in [6.07, 6.45) is 1.48. The normalized spacial score (nSPS) is 10.5. The Morgan fingerprint density at radius 2 is 2.33 bits per heavy atom. The Morgan fingerprint density at radius 3 is 2.93 bits per heavy atom. The van der Waals surface area contributed by atoms with Crippen molar-refractivity contribution in [3.8, 4) is 0 Å². The van der Waals surface area contributed by atoms with Gasteiger partial charge in [0.15, 0.2) is 5.16 Å². The molecule has 0 fully saturated rings. The Kier molecular flexibility index (Phi) is 3.03. The van der Waals surface area contributed by atoms with Gasteiger partial charge in [0.1, 0.15) is 6.33 Å². The number of benzene rings is 1. The van der Waals surface area contributed by atoms with Crippen molar-refractivity contribution >= 4 is 11.8 Å². The molecule has 2 N–H and O–H groups in total. The van der Waals surface area contributed by atoms with E-state index in [2.05, 4.69) is 15.2 Å². The van der Waals surface area contributed by atoms with Crippen LogP contribution in [-0.2, 0) is 6.61 Å². The van der Waals surface area contributed by atoms with Crippen LogP contribution in [0.2, 0.25) is 0 Å². The van der Waals surface area contributed by atoms with E-state index in [1.807, 2.05) is 25.1 Å². The molecule has 78 valence electrons. The lowest BCUT2D eigenvalue weighted by molar-refractivity contribution is 0.281. The molecular formula is C10H11N3OS. The van der Waals surface area contributed by atoms with Gasteiger partial charge in [-0.15, -0.1) is 0 Å². The van der Waals surface area contributed by atoms with Gasteiger partial charge in [0.25, 0.3) is 0 Å². The van der Waals surface area contributed by atoms with Crippen molar-refractivity contribution in [1.29, 1.82) is 0 Å². The summed E-state index contributed by atoms with van der Waals surface area (Å²) in [4.78, 5) is 5.12. The predicted octanol–water partition coefficient (Wildman–Crippen LogP) is 1.76. The fraction of sp³-hybridized carbons (Fsp3) is 0.200. The van der Waals surface area contributed by atoms with E-state index in [1.54, 1.807) is 0 Å². The number of aromatic nitrogens is 3. The fourth-order valence-corrected chi connectivity index (χ4v) is 2.06. The first-order valence-electron chi connectivity index (χ1n) is 4.53. The summed E-state index contributed by atoms with van der Waals surface area (Å²) in [5, 5.41) is 16.4. The number of aryl methyl sites for hydroxylation is 1. The number of rotatable bonds is 3. The summed E-state index contributed by atoms with van der Waals surface area (Å²) in [6.45, 7) is 2.06. The Balaban J connectivity index is 2.20. The highest BCUT2D eigenvalue weighted by Crippen LogP contribution is 2.25. The average Bonchev–Trinajstić information content (AvgIpc) is 2.71. The standard InChI is InChI=1S/C10H11N3OS/c1-7-4-9(3-2-8(7)5-14)15-10-11-6-12-13-10/h2-4,6,14H,5H2,1H3,(H,11,12,13). The lowest BCUT2D eigenvalue weighted by Gasteiger charge is -2.04. The van der Waals surface area contributed by atoms with Crippen LogP contribution in [0.25, 0.3) is 0 Å². The fourth-order valence-electron chi connectivity index (χ4n) is 1.26. The quantitative estimate of drug-likeness (QED) is 0.829. The molecule has 1 aromatic carbocycles. The van der Waals surface area contributed by atoms with Crippen molar-refractivity contribution in [1.82, 2.24) is 15.2 Å². The van der Waals surface area contributed by atoms with Crippen LogP contribution in [0.15, 0.2) is 34.6 Å². The van der Waals surface area contributed by atoms with Gasteiger partial charge in [0.05, 0.1) is 6.61 Å². The lowest BCUT2D eigenvalue weighted by Crippen LogP contribution is -1.88. The summed E-state index contributed by atoms with van der Waals surface area (Å²) in [6, 6.07) is 5.92. The summed E-state index contributed by atoms with van der Waals surface area (Å²) >= 11 is 1.52. The van der Waals surface area contributed by atoms with Crippen LogP contribution in [0.1, 0.15) is 11.1 Å².